The molecule has 3 aromatic carbocycles. The van der Waals surface area contributed by atoms with Gasteiger partial charge >= 0.3 is 5.97 Å². The van der Waals surface area contributed by atoms with Crippen molar-refractivity contribution >= 4 is 23.3 Å². The number of benzene rings is 3. The van der Waals surface area contributed by atoms with Gasteiger partial charge in [-0.1, -0.05) is 42.0 Å². The van der Waals surface area contributed by atoms with Gasteiger partial charge in [0.1, 0.15) is 6.10 Å². The van der Waals surface area contributed by atoms with E-state index in [-0.39, 0.29) is 23.8 Å². The number of cyclic esters (lactones) is 1. The lowest BCUT2D eigenvalue weighted by molar-refractivity contribution is 0.0252. The fourth-order valence-corrected chi connectivity index (χ4v) is 3.52. The molecule has 1 N–H and O–H groups in total. The summed E-state index contributed by atoms with van der Waals surface area (Å²) in [7, 11) is 0. The Labute approximate surface area is 174 Å². The average Bonchev–Trinajstić information content (AvgIpc) is 2.74. The summed E-state index contributed by atoms with van der Waals surface area (Å²) >= 11 is 0. The van der Waals surface area contributed by atoms with Gasteiger partial charge in [0.2, 0.25) is 0 Å². The molecule has 0 unspecified atom stereocenters. The first-order chi connectivity index (χ1) is 14.4. The lowest BCUT2D eigenvalue weighted by Crippen LogP contribution is -2.23. The Hall–Kier alpha value is -3.73. The van der Waals surface area contributed by atoms with Crippen LogP contribution in [0.4, 0.5) is 5.69 Å². The molecule has 0 spiro atoms. The smallest absolute Gasteiger partial charge is 0.339 e. The largest absolute Gasteiger partial charge is 0.454 e. The molecule has 150 valence electrons. The molecular weight excluding hydrogens is 378 g/mol. The molecule has 0 fully saturated rings. The highest BCUT2D eigenvalue weighted by Crippen LogP contribution is 2.31. The van der Waals surface area contributed by atoms with Gasteiger partial charge in [0, 0.05) is 23.2 Å². The van der Waals surface area contributed by atoms with E-state index < -0.39 is 0 Å². The van der Waals surface area contributed by atoms with E-state index in [4.69, 9.17) is 4.74 Å². The second kappa shape index (κ2) is 7.95. The van der Waals surface area contributed by atoms with E-state index in [9.17, 15) is 14.4 Å². The third-order valence-electron chi connectivity index (χ3n) is 5.22. The van der Waals surface area contributed by atoms with E-state index in [1.807, 2.05) is 31.2 Å². The maximum atomic E-state index is 12.7. The van der Waals surface area contributed by atoms with Gasteiger partial charge in [-0.15, -0.1) is 0 Å². The van der Waals surface area contributed by atoms with E-state index >= 15 is 0 Å². The van der Waals surface area contributed by atoms with Crippen molar-refractivity contribution in [3.05, 3.63) is 100 Å². The number of ether oxygens (including phenoxy) is 1. The molecule has 0 saturated carbocycles. The molecular formula is C25H21NO4. The standard InChI is InChI=1S/C25H21NO4/c1-15-6-8-17(9-7-15)23-14-20-12-19(10-11-22(20)25(29)30-23)24(28)26-21-5-3-4-18(13-21)16(2)27/h3-13,23H,14H2,1-2H3,(H,26,28)/t23-/m1/s1. The lowest BCUT2D eigenvalue weighted by atomic mass is 9.92. The van der Waals surface area contributed by atoms with E-state index in [0.29, 0.717) is 28.8 Å². The van der Waals surface area contributed by atoms with Crippen LogP contribution in [0.15, 0.2) is 66.7 Å². The van der Waals surface area contributed by atoms with Crippen LogP contribution in [0, 0.1) is 6.92 Å². The van der Waals surface area contributed by atoms with Gasteiger partial charge in [0.15, 0.2) is 5.78 Å². The number of amides is 1. The van der Waals surface area contributed by atoms with Crippen LogP contribution in [0.3, 0.4) is 0 Å². The number of esters is 1. The Bertz CT molecular complexity index is 1150. The third kappa shape index (κ3) is 4.01. The fourth-order valence-electron chi connectivity index (χ4n) is 3.52. The van der Waals surface area contributed by atoms with E-state index in [0.717, 1.165) is 16.7 Å². The Balaban J connectivity index is 1.57. The van der Waals surface area contributed by atoms with Crippen LogP contribution in [0.25, 0.3) is 0 Å². The number of anilines is 1. The zero-order valence-corrected chi connectivity index (χ0v) is 16.8. The fraction of sp³-hybridized carbons (Fsp3) is 0.160. The van der Waals surface area contributed by atoms with E-state index in [1.165, 1.54) is 6.92 Å². The highest BCUT2D eigenvalue weighted by molar-refractivity contribution is 6.06. The second-order valence-electron chi connectivity index (χ2n) is 7.47. The number of ketones is 1. The van der Waals surface area contributed by atoms with Crippen molar-refractivity contribution in [2.24, 2.45) is 0 Å². The SMILES string of the molecule is CC(=O)c1cccc(NC(=O)c2ccc3c(c2)C[C@H](c2ccc(C)cc2)OC3=O)c1. The number of carbonyl (C=O) groups excluding carboxylic acids is 3. The van der Waals surface area contributed by atoms with Gasteiger partial charge in [-0.2, -0.15) is 0 Å². The van der Waals surface area contributed by atoms with Crippen LogP contribution in [0.5, 0.6) is 0 Å². The van der Waals surface area contributed by atoms with Gasteiger partial charge in [-0.3, -0.25) is 9.59 Å². The Morgan fingerprint density at radius 3 is 2.47 bits per heavy atom. The van der Waals surface area contributed by atoms with Gasteiger partial charge in [0.25, 0.3) is 5.91 Å². The summed E-state index contributed by atoms with van der Waals surface area (Å²) in [6.45, 7) is 3.48. The van der Waals surface area contributed by atoms with Crippen LogP contribution in [-0.2, 0) is 11.2 Å². The van der Waals surface area contributed by atoms with E-state index in [2.05, 4.69) is 5.32 Å². The minimum Gasteiger partial charge on any atom is -0.454 e. The van der Waals surface area contributed by atoms with Crippen molar-refractivity contribution in [2.75, 3.05) is 5.32 Å². The molecule has 1 aliphatic heterocycles. The number of carbonyl (C=O) groups is 3. The number of hydrogen-bond acceptors (Lipinski definition) is 4. The predicted octanol–water partition coefficient (Wildman–Crippen LogP) is 4.90. The molecule has 0 bridgehead atoms. The molecule has 1 aliphatic rings. The van der Waals surface area contributed by atoms with Crippen molar-refractivity contribution in [3.8, 4) is 0 Å². The maximum Gasteiger partial charge on any atom is 0.339 e. The summed E-state index contributed by atoms with van der Waals surface area (Å²) < 4.78 is 5.60. The molecule has 1 heterocycles. The molecule has 3 aromatic rings. The highest BCUT2D eigenvalue weighted by Gasteiger charge is 2.28. The number of Topliss-reactive ketones (excluding diaryl/α,β-unsaturated/α-hetero) is 1. The molecule has 0 aromatic heterocycles. The van der Waals surface area contributed by atoms with Crippen molar-refractivity contribution in [1.29, 1.82) is 0 Å². The summed E-state index contributed by atoms with van der Waals surface area (Å²) in [6.07, 6.45) is 0.126. The first-order valence-corrected chi connectivity index (χ1v) is 9.73. The summed E-state index contributed by atoms with van der Waals surface area (Å²) in [5.41, 5.74) is 4.84. The Kier molecular flexibility index (Phi) is 5.19. The second-order valence-corrected chi connectivity index (χ2v) is 7.47. The third-order valence-corrected chi connectivity index (χ3v) is 5.22. The zero-order chi connectivity index (χ0) is 21.3. The number of nitrogens with one attached hydrogen (secondary N) is 1. The predicted molar refractivity (Wildman–Crippen MR) is 114 cm³/mol. The number of aryl methyl sites for hydroxylation is 1. The quantitative estimate of drug-likeness (QED) is 0.500. The molecule has 4 rings (SSSR count). The van der Waals surface area contributed by atoms with Crippen molar-refractivity contribution in [3.63, 3.8) is 0 Å². The maximum absolute atomic E-state index is 12.7. The van der Waals surface area contributed by atoms with E-state index in [1.54, 1.807) is 42.5 Å². The van der Waals surface area contributed by atoms with Crippen LogP contribution < -0.4 is 5.32 Å². The van der Waals surface area contributed by atoms with Crippen LogP contribution in [-0.4, -0.2) is 17.7 Å². The van der Waals surface area contributed by atoms with Crippen molar-refractivity contribution in [1.82, 2.24) is 0 Å². The minimum atomic E-state index is -0.386. The first kappa shape index (κ1) is 19.6. The molecule has 0 radical (unpaired) electrons. The lowest BCUT2D eigenvalue weighted by Gasteiger charge is -2.25. The van der Waals surface area contributed by atoms with Gasteiger partial charge < -0.3 is 10.1 Å². The Morgan fingerprint density at radius 2 is 1.73 bits per heavy atom. The van der Waals surface area contributed by atoms with Gasteiger partial charge in [0.05, 0.1) is 5.56 Å². The average molecular weight is 399 g/mol. The molecule has 1 atom stereocenters. The van der Waals surface area contributed by atoms with Crippen LogP contribution >= 0.6 is 0 Å². The highest BCUT2D eigenvalue weighted by atomic mass is 16.5. The molecule has 30 heavy (non-hydrogen) atoms. The first-order valence-electron chi connectivity index (χ1n) is 9.73. The monoisotopic (exact) mass is 399 g/mol. The molecule has 0 saturated heterocycles. The molecule has 1 amide bonds. The van der Waals surface area contributed by atoms with Gasteiger partial charge in [-0.05, 0) is 55.3 Å². The summed E-state index contributed by atoms with van der Waals surface area (Å²) in [5.74, 6) is -0.757. The van der Waals surface area contributed by atoms with Crippen LogP contribution in [0.1, 0.15) is 60.8 Å². The summed E-state index contributed by atoms with van der Waals surface area (Å²) in [5, 5.41) is 2.81. The minimum absolute atomic E-state index is 0.0689. The summed E-state index contributed by atoms with van der Waals surface area (Å²) in [6, 6.07) is 19.6. The van der Waals surface area contributed by atoms with Crippen LogP contribution in [0.2, 0.25) is 0 Å². The summed E-state index contributed by atoms with van der Waals surface area (Å²) in [4.78, 5) is 36.7. The number of hydrogen-bond donors (Lipinski definition) is 1. The Morgan fingerprint density at radius 1 is 0.967 bits per heavy atom. The van der Waals surface area contributed by atoms with Gasteiger partial charge in [-0.25, -0.2) is 4.79 Å². The number of rotatable bonds is 4. The molecule has 5 nitrogen and oxygen atoms in total. The van der Waals surface area contributed by atoms with Crippen molar-refractivity contribution in [2.45, 2.75) is 26.4 Å². The zero-order valence-electron chi connectivity index (χ0n) is 16.8. The topological polar surface area (TPSA) is 72.5 Å². The molecule has 5 heteroatoms. The van der Waals surface area contributed by atoms with Crippen molar-refractivity contribution < 1.29 is 19.1 Å². The normalized spacial score (nSPS) is 15.1. The number of fused-ring (bicyclic) bond motifs is 1. The molecule has 0 aliphatic carbocycles.